The molecule has 0 radical (unpaired) electrons. The van der Waals surface area contributed by atoms with Crippen LogP contribution in [0.2, 0.25) is 0 Å². The van der Waals surface area contributed by atoms with Gasteiger partial charge in [-0.25, -0.2) is 8.42 Å². The molecule has 0 amide bonds. The first-order chi connectivity index (χ1) is 10.6. The van der Waals surface area contributed by atoms with Gasteiger partial charge in [0.15, 0.2) is 9.84 Å². The van der Waals surface area contributed by atoms with E-state index in [1.807, 2.05) is 24.3 Å². The minimum Gasteiger partial charge on any atom is -0.223 e. The summed E-state index contributed by atoms with van der Waals surface area (Å²) in [5, 5.41) is 8.67. The van der Waals surface area contributed by atoms with Crippen LogP contribution >= 0.6 is 0 Å². The molecule has 0 aromatic heterocycles. The summed E-state index contributed by atoms with van der Waals surface area (Å²) in [7, 11) is -3.46. The normalized spacial score (nSPS) is 23.7. The Kier molecular flexibility index (Phi) is 3.76. The molecule has 1 aliphatic carbocycles. The number of aryl methyl sites for hydroxylation is 1. The zero-order valence-electron chi connectivity index (χ0n) is 12.3. The average molecular weight is 311 g/mol. The van der Waals surface area contributed by atoms with Gasteiger partial charge in [-0.05, 0) is 29.7 Å². The molecular formula is C18H17NO2S. The van der Waals surface area contributed by atoms with Crippen LogP contribution in [0.15, 0.2) is 59.5 Å². The minimum atomic E-state index is -3.46. The highest BCUT2D eigenvalue weighted by Gasteiger charge is 2.59. The monoisotopic (exact) mass is 311 g/mol. The molecule has 3 rings (SSSR count). The first-order valence-corrected chi connectivity index (χ1v) is 8.91. The van der Waals surface area contributed by atoms with Crippen LogP contribution in [-0.2, 0) is 16.3 Å². The van der Waals surface area contributed by atoms with Crippen molar-refractivity contribution in [1.29, 1.82) is 5.26 Å². The zero-order chi connectivity index (χ0) is 15.7. The zero-order valence-corrected chi connectivity index (χ0v) is 13.1. The highest BCUT2D eigenvalue weighted by Crippen LogP contribution is 2.53. The maximum Gasteiger partial charge on any atom is 0.183 e. The van der Waals surface area contributed by atoms with Crippen molar-refractivity contribution in [3.63, 3.8) is 0 Å². The molecule has 0 N–H and O–H groups in total. The third-order valence-electron chi connectivity index (χ3n) is 4.31. The Morgan fingerprint density at radius 3 is 2.23 bits per heavy atom. The number of hydrogen-bond acceptors (Lipinski definition) is 3. The van der Waals surface area contributed by atoms with Gasteiger partial charge in [-0.1, -0.05) is 49.4 Å². The fraction of sp³-hybridized carbons (Fsp3) is 0.278. The Labute approximate surface area is 131 Å². The van der Waals surface area contributed by atoms with E-state index in [0.717, 1.165) is 12.0 Å². The maximum atomic E-state index is 12.7. The van der Waals surface area contributed by atoms with Crippen molar-refractivity contribution in [2.45, 2.75) is 29.4 Å². The molecule has 3 atom stereocenters. The quantitative estimate of drug-likeness (QED) is 0.870. The molecule has 22 heavy (non-hydrogen) atoms. The van der Waals surface area contributed by atoms with Gasteiger partial charge in [0, 0.05) is 5.92 Å². The van der Waals surface area contributed by atoms with E-state index in [4.69, 9.17) is 0 Å². The van der Waals surface area contributed by atoms with Crippen LogP contribution in [0.4, 0.5) is 0 Å². The lowest BCUT2D eigenvalue weighted by Crippen LogP contribution is -2.10. The van der Waals surface area contributed by atoms with Crippen molar-refractivity contribution in [2.75, 3.05) is 0 Å². The SMILES string of the molecule is CCc1ccc([C@@H]2[C@@H](C#N)[C@H]2S(=O)(=O)c2ccccc2)cc1. The van der Waals surface area contributed by atoms with Crippen LogP contribution in [0.3, 0.4) is 0 Å². The lowest BCUT2D eigenvalue weighted by Gasteiger charge is -2.04. The van der Waals surface area contributed by atoms with Crippen LogP contribution < -0.4 is 0 Å². The molecule has 2 aromatic carbocycles. The van der Waals surface area contributed by atoms with Gasteiger partial charge in [0.2, 0.25) is 0 Å². The second-order valence-electron chi connectivity index (χ2n) is 5.60. The van der Waals surface area contributed by atoms with Crippen molar-refractivity contribution in [1.82, 2.24) is 0 Å². The van der Waals surface area contributed by atoms with Crippen molar-refractivity contribution in [2.24, 2.45) is 5.92 Å². The second-order valence-corrected chi connectivity index (χ2v) is 7.70. The number of rotatable bonds is 4. The van der Waals surface area contributed by atoms with Crippen LogP contribution in [0, 0.1) is 17.2 Å². The summed E-state index contributed by atoms with van der Waals surface area (Å²) in [5.41, 5.74) is 2.15. The summed E-state index contributed by atoms with van der Waals surface area (Å²) < 4.78 is 25.4. The van der Waals surface area contributed by atoms with E-state index < -0.39 is 21.0 Å². The smallest absolute Gasteiger partial charge is 0.183 e. The predicted octanol–water partition coefficient (Wildman–Crippen LogP) is 3.33. The summed E-state index contributed by atoms with van der Waals surface area (Å²) in [6.07, 6.45) is 0.943. The third-order valence-corrected chi connectivity index (χ3v) is 6.54. The molecular weight excluding hydrogens is 294 g/mol. The Balaban J connectivity index is 1.93. The molecule has 0 unspecified atom stereocenters. The molecule has 0 aliphatic heterocycles. The van der Waals surface area contributed by atoms with E-state index >= 15 is 0 Å². The van der Waals surface area contributed by atoms with Gasteiger partial charge in [0.1, 0.15) is 0 Å². The van der Waals surface area contributed by atoms with Gasteiger partial charge < -0.3 is 0 Å². The Morgan fingerprint density at radius 2 is 1.68 bits per heavy atom. The fourth-order valence-electron chi connectivity index (χ4n) is 2.96. The van der Waals surface area contributed by atoms with E-state index in [-0.39, 0.29) is 5.92 Å². The number of nitriles is 1. The van der Waals surface area contributed by atoms with E-state index in [1.54, 1.807) is 30.3 Å². The van der Waals surface area contributed by atoms with Gasteiger partial charge in [-0.15, -0.1) is 0 Å². The van der Waals surface area contributed by atoms with Crippen molar-refractivity contribution in [3.8, 4) is 6.07 Å². The Hall–Kier alpha value is -2.12. The highest BCUT2D eigenvalue weighted by atomic mass is 32.2. The van der Waals surface area contributed by atoms with E-state index in [9.17, 15) is 13.7 Å². The molecule has 2 aromatic rings. The van der Waals surface area contributed by atoms with Crippen LogP contribution in [-0.4, -0.2) is 13.7 Å². The molecule has 1 aliphatic rings. The first-order valence-electron chi connectivity index (χ1n) is 7.37. The summed E-state index contributed by atoms with van der Waals surface area (Å²) in [6, 6.07) is 18.5. The van der Waals surface area contributed by atoms with Gasteiger partial charge in [-0.2, -0.15) is 5.26 Å². The van der Waals surface area contributed by atoms with E-state index in [1.165, 1.54) is 5.56 Å². The molecule has 0 heterocycles. The molecule has 0 spiro atoms. The molecule has 112 valence electrons. The number of nitrogens with zero attached hydrogens (tertiary/aromatic N) is 1. The van der Waals surface area contributed by atoms with Crippen molar-refractivity contribution in [3.05, 3.63) is 65.7 Å². The average Bonchev–Trinajstić information content (AvgIpc) is 3.31. The topological polar surface area (TPSA) is 57.9 Å². The molecule has 0 bridgehead atoms. The number of sulfone groups is 1. The fourth-order valence-corrected chi connectivity index (χ4v) is 5.05. The van der Waals surface area contributed by atoms with E-state index in [2.05, 4.69) is 13.0 Å². The lowest BCUT2D eigenvalue weighted by atomic mass is 10.1. The highest BCUT2D eigenvalue weighted by molar-refractivity contribution is 7.92. The maximum absolute atomic E-state index is 12.7. The van der Waals surface area contributed by atoms with Crippen LogP contribution in [0.1, 0.15) is 24.0 Å². The Morgan fingerprint density at radius 1 is 1.05 bits per heavy atom. The summed E-state index contributed by atoms with van der Waals surface area (Å²) >= 11 is 0. The molecule has 4 heteroatoms. The molecule has 1 fully saturated rings. The van der Waals surface area contributed by atoms with Crippen LogP contribution in [0.25, 0.3) is 0 Å². The van der Waals surface area contributed by atoms with E-state index in [0.29, 0.717) is 4.90 Å². The second kappa shape index (κ2) is 5.58. The summed E-state index contributed by atoms with van der Waals surface area (Å²) in [6.45, 7) is 2.08. The number of hydrogen-bond donors (Lipinski definition) is 0. The summed E-state index contributed by atoms with van der Waals surface area (Å²) in [4.78, 5) is 0.299. The summed E-state index contributed by atoms with van der Waals surface area (Å²) in [5.74, 6) is -0.682. The van der Waals surface area contributed by atoms with Gasteiger partial charge in [0.25, 0.3) is 0 Å². The van der Waals surface area contributed by atoms with Gasteiger partial charge in [-0.3, -0.25) is 0 Å². The van der Waals surface area contributed by atoms with Crippen molar-refractivity contribution >= 4 is 9.84 Å². The van der Waals surface area contributed by atoms with Crippen molar-refractivity contribution < 1.29 is 8.42 Å². The number of benzene rings is 2. The van der Waals surface area contributed by atoms with Gasteiger partial charge in [0.05, 0.1) is 22.1 Å². The molecule has 0 saturated heterocycles. The predicted molar refractivity (Wildman–Crippen MR) is 85.1 cm³/mol. The largest absolute Gasteiger partial charge is 0.223 e. The molecule has 3 nitrogen and oxygen atoms in total. The lowest BCUT2D eigenvalue weighted by molar-refractivity contribution is 0.593. The van der Waals surface area contributed by atoms with Crippen LogP contribution in [0.5, 0.6) is 0 Å². The first kappa shape index (κ1) is 14.8. The third kappa shape index (κ3) is 2.42. The molecule has 1 saturated carbocycles. The standard InChI is InChI=1S/C18H17NO2S/c1-2-13-8-10-14(11-9-13)17-16(12-19)18(17)22(20,21)15-6-4-3-5-7-15/h3-11,16-18H,2H2,1H3/t16-,17-,18-/m1/s1. The minimum absolute atomic E-state index is 0.221. The Bertz CT molecular complexity index is 804. The van der Waals surface area contributed by atoms with Gasteiger partial charge >= 0.3 is 0 Å².